The molecule has 2 aromatic rings. The van der Waals surface area contributed by atoms with E-state index in [1.807, 2.05) is 6.92 Å². The van der Waals surface area contributed by atoms with E-state index in [4.69, 9.17) is 4.74 Å². The van der Waals surface area contributed by atoms with Crippen molar-refractivity contribution < 1.29 is 23.1 Å². The maximum atomic E-state index is 13.0. The summed E-state index contributed by atoms with van der Waals surface area (Å²) in [7, 11) is -2.59. The molecular formula is C17H19NO5S. The number of anilines is 1. The van der Waals surface area contributed by atoms with Gasteiger partial charge in [-0.05, 0) is 38.1 Å². The summed E-state index contributed by atoms with van der Waals surface area (Å²) in [5.74, 6) is -0.803. The van der Waals surface area contributed by atoms with Crippen molar-refractivity contribution >= 4 is 21.7 Å². The molecule has 0 radical (unpaired) electrons. The number of carboxylic acids is 1. The Labute approximate surface area is 141 Å². The fourth-order valence-corrected chi connectivity index (χ4v) is 3.85. The molecule has 128 valence electrons. The first-order chi connectivity index (χ1) is 11.3. The number of hydrogen-bond donors (Lipinski definition) is 1. The third-order valence-electron chi connectivity index (χ3n) is 3.59. The molecule has 0 aliphatic rings. The molecule has 0 saturated carbocycles. The smallest absolute Gasteiger partial charge is 0.327 e. The number of sulfonamides is 1. The molecule has 2 rings (SSSR count). The fourth-order valence-electron chi connectivity index (χ4n) is 2.24. The number of ether oxygens (including phenoxy) is 1. The van der Waals surface area contributed by atoms with Gasteiger partial charge in [-0.15, -0.1) is 0 Å². The quantitative estimate of drug-likeness (QED) is 0.867. The number of carbonyl (C=O) groups is 1. The molecule has 0 saturated heterocycles. The first-order valence-corrected chi connectivity index (χ1v) is 8.69. The molecule has 24 heavy (non-hydrogen) atoms. The molecule has 0 heterocycles. The number of rotatable bonds is 6. The van der Waals surface area contributed by atoms with Crippen molar-refractivity contribution in [3.05, 3.63) is 54.1 Å². The Morgan fingerprint density at radius 2 is 1.79 bits per heavy atom. The lowest BCUT2D eigenvalue weighted by molar-refractivity contribution is -0.137. The van der Waals surface area contributed by atoms with Crippen molar-refractivity contribution in [2.75, 3.05) is 11.4 Å². The van der Waals surface area contributed by atoms with Crippen LogP contribution in [0.25, 0.3) is 0 Å². The van der Waals surface area contributed by atoms with Crippen LogP contribution in [0.5, 0.6) is 5.75 Å². The summed E-state index contributed by atoms with van der Waals surface area (Å²) in [5.41, 5.74) is 1.14. The van der Waals surface area contributed by atoms with Gasteiger partial charge in [0.05, 0.1) is 17.7 Å². The van der Waals surface area contributed by atoms with Crippen LogP contribution in [0.2, 0.25) is 0 Å². The molecule has 2 aromatic carbocycles. The first kappa shape index (κ1) is 17.8. The van der Waals surface area contributed by atoms with Crippen LogP contribution in [0, 0.1) is 6.92 Å². The Morgan fingerprint density at radius 1 is 1.17 bits per heavy atom. The van der Waals surface area contributed by atoms with Crippen LogP contribution in [0.3, 0.4) is 0 Å². The molecule has 6 nitrogen and oxygen atoms in total. The number of carboxylic acid groups (broad SMARTS) is 1. The molecule has 1 unspecified atom stereocenters. The van der Waals surface area contributed by atoms with E-state index in [2.05, 4.69) is 0 Å². The van der Waals surface area contributed by atoms with Crippen LogP contribution in [0.4, 0.5) is 5.69 Å². The highest BCUT2D eigenvalue weighted by atomic mass is 32.2. The molecule has 0 bridgehead atoms. The zero-order valence-electron chi connectivity index (χ0n) is 13.6. The third kappa shape index (κ3) is 3.51. The van der Waals surface area contributed by atoms with Gasteiger partial charge in [-0.25, -0.2) is 13.2 Å². The van der Waals surface area contributed by atoms with Gasteiger partial charge in [0.1, 0.15) is 11.8 Å². The fraction of sp³-hybridized carbons (Fsp3) is 0.235. The normalized spacial score (nSPS) is 12.5. The number of hydrogen-bond acceptors (Lipinski definition) is 4. The van der Waals surface area contributed by atoms with E-state index in [9.17, 15) is 18.3 Å². The molecule has 1 atom stereocenters. The highest BCUT2D eigenvalue weighted by molar-refractivity contribution is 7.92. The Hall–Kier alpha value is -2.54. The average molecular weight is 349 g/mol. The van der Waals surface area contributed by atoms with Gasteiger partial charge in [0.15, 0.2) is 0 Å². The first-order valence-electron chi connectivity index (χ1n) is 7.25. The molecule has 0 aliphatic heterocycles. The van der Waals surface area contributed by atoms with Crippen LogP contribution < -0.4 is 9.04 Å². The van der Waals surface area contributed by atoms with Crippen molar-refractivity contribution in [3.63, 3.8) is 0 Å². The summed E-state index contributed by atoms with van der Waals surface area (Å²) in [4.78, 5) is 11.5. The lowest BCUT2D eigenvalue weighted by Gasteiger charge is -2.28. The second-order valence-corrected chi connectivity index (χ2v) is 7.14. The van der Waals surface area contributed by atoms with Crippen molar-refractivity contribution in [2.45, 2.75) is 24.8 Å². The van der Waals surface area contributed by atoms with E-state index in [0.717, 1.165) is 9.87 Å². The Bertz CT molecular complexity index is 830. The highest BCUT2D eigenvalue weighted by Crippen LogP contribution is 2.29. The highest BCUT2D eigenvalue weighted by Gasteiger charge is 2.33. The number of aryl methyl sites for hydroxylation is 1. The van der Waals surface area contributed by atoms with E-state index < -0.39 is 22.0 Å². The zero-order valence-corrected chi connectivity index (χ0v) is 14.4. The van der Waals surface area contributed by atoms with Gasteiger partial charge in [-0.3, -0.25) is 4.31 Å². The predicted molar refractivity (Wildman–Crippen MR) is 90.9 cm³/mol. The molecule has 1 N–H and O–H groups in total. The van der Waals surface area contributed by atoms with Crippen molar-refractivity contribution in [1.82, 2.24) is 0 Å². The maximum absolute atomic E-state index is 13.0. The summed E-state index contributed by atoms with van der Waals surface area (Å²) >= 11 is 0. The molecule has 0 amide bonds. The van der Waals surface area contributed by atoms with Gasteiger partial charge in [-0.1, -0.05) is 23.8 Å². The molecule has 0 aliphatic carbocycles. The zero-order chi connectivity index (χ0) is 17.9. The van der Waals surface area contributed by atoms with Gasteiger partial charge < -0.3 is 9.84 Å². The minimum atomic E-state index is -4.04. The largest absolute Gasteiger partial charge is 0.497 e. The topological polar surface area (TPSA) is 83.9 Å². The third-order valence-corrected chi connectivity index (χ3v) is 5.51. The minimum absolute atomic E-state index is 0.0315. The molecule has 7 heteroatoms. The lowest BCUT2D eigenvalue weighted by atomic mass is 10.2. The predicted octanol–water partition coefficient (Wildman–Crippen LogP) is 2.67. The lowest BCUT2D eigenvalue weighted by Crippen LogP contribution is -2.43. The number of methoxy groups -OCH3 is 1. The number of aliphatic carboxylic acids is 1. The molecule has 0 fully saturated rings. The minimum Gasteiger partial charge on any atom is -0.497 e. The monoisotopic (exact) mass is 349 g/mol. The van der Waals surface area contributed by atoms with Crippen molar-refractivity contribution in [3.8, 4) is 5.75 Å². The van der Waals surface area contributed by atoms with Gasteiger partial charge in [0.25, 0.3) is 10.0 Å². The van der Waals surface area contributed by atoms with Crippen molar-refractivity contribution in [1.29, 1.82) is 0 Å². The summed E-state index contributed by atoms with van der Waals surface area (Å²) in [6.07, 6.45) is 0. The second-order valence-electron chi connectivity index (χ2n) is 5.33. The molecule has 0 aromatic heterocycles. The SMILES string of the molecule is COc1cccc(N(C(C)C(=O)O)S(=O)(=O)c2ccc(C)cc2)c1. The van der Waals surface area contributed by atoms with Gasteiger partial charge in [0.2, 0.25) is 0 Å². The molecular weight excluding hydrogens is 330 g/mol. The number of benzene rings is 2. The van der Waals surface area contributed by atoms with E-state index in [1.54, 1.807) is 24.3 Å². The Balaban J connectivity index is 2.61. The van der Waals surface area contributed by atoms with Crippen LogP contribution in [-0.4, -0.2) is 32.6 Å². The van der Waals surface area contributed by atoms with E-state index in [1.165, 1.54) is 38.3 Å². The number of nitrogens with zero attached hydrogens (tertiary/aromatic N) is 1. The maximum Gasteiger partial charge on any atom is 0.327 e. The van der Waals surface area contributed by atoms with E-state index >= 15 is 0 Å². The van der Waals surface area contributed by atoms with Crippen LogP contribution >= 0.6 is 0 Å². The summed E-state index contributed by atoms with van der Waals surface area (Å²) in [5, 5.41) is 9.36. The molecule has 0 spiro atoms. The van der Waals surface area contributed by atoms with Gasteiger partial charge in [0, 0.05) is 6.07 Å². The van der Waals surface area contributed by atoms with Crippen LogP contribution in [0.15, 0.2) is 53.4 Å². The summed E-state index contributed by atoms with van der Waals surface area (Å²) < 4.78 is 32.0. The standard InChI is InChI=1S/C17H19NO5S/c1-12-7-9-16(10-8-12)24(21,22)18(13(2)17(19)20)14-5-4-6-15(11-14)23-3/h4-11,13H,1-3H3,(H,19,20). The Kier molecular flexibility index (Phi) is 5.14. The second kappa shape index (κ2) is 6.92. The van der Waals surface area contributed by atoms with Gasteiger partial charge >= 0.3 is 5.97 Å². The Morgan fingerprint density at radius 3 is 2.33 bits per heavy atom. The van der Waals surface area contributed by atoms with Gasteiger partial charge in [-0.2, -0.15) is 0 Å². The van der Waals surface area contributed by atoms with E-state index in [0.29, 0.717) is 5.75 Å². The van der Waals surface area contributed by atoms with Crippen molar-refractivity contribution in [2.24, 2.45) is 0 Å². The van der Waals surface area contributed by atoms with Crippen LogP contribution in [0.1, 0.15) is 12.5 Å². The van der Waals surface area contributed by atoms with Crippen LogP contribution in [-0.2, 0) is 14.8 Å². The summed E-state index contributed by atoms with van der Waals surface area (Å²) in [6.45, 7) is 3.17. The summed E-state index contributed by atoms with van der Waals surface area (Å²) in [6, 6.07) is 11.3. The average Bonchev–Trinajstić information content (AvgIpc) is 2.55. The van der Waals surface area contributed by atoms with E-state index in [-0.39, 0.29) is 10.6 Å².